The van der Waals surface area contributed by atoms with Gasteiger partial charge in [-0.1, -0.05) is 0 Å². The van der Waals surface area contributed by atoms with Gasteiger partial charge in [-0.05, 0) is 0 Å². The quantitative estimate of drug-likeness (QED) is 0.482. The average Bonchev–Trinajstić information content (AvgIpc) is 1.87. The largest absolute Gasteiger partial charge is 0.396 e. The second-order valence-corrected chi connectivity index (χ2v) is 1.65. The van der Waals surface area contributed by atoms with E-state index in [2.05, 4.69) is 5.43 Å². The van der Waals surface area contributed by atoms with Crippen molar-refractivity contribution in [3.8, 4) is 0 Å². The van der Waals surface area contributed by atoms with Gasteiger partial charge in [0.05, 0.1) is 13.0 Å². The van der Waals surface area contributed by atoms with Crippen molar-refractivity contribution < 1.29 is 9.90 Å². The summed E-state index contributed by atoms with van der Waals surface area (Å²) in [6, 6.07) is 0. The van der Waals surface area contributed by atoms with Crippen LogP contribution >= 0.6 is 0 Å². The number of hydrazine groups is 1. The van der Waals surface area contributed by atoms with Crippen molar-refractivity contribution in [3.63, 3.8) is 0 Å². The van der Waals surface area contributed by atoms with E-state index in [9.17, 15) is 4.79 Å². The van der Waals surface area contributed by atoms with Crippen molar-refractivity contribution in [1.29, 1.82) is 0 Å². The minimum absolute atomic E-state index is 0.0924. The molecule has 0 fully saturated rings. The SMILES string of the molecule is CNN(C)C(=O)CCO. The minimum Gasteiger partial charge on any atom is -0.396 e. The number of nitrogens with one attached hydrogen (secondary N) is 1. The van der Waals surface area contributed by atoms with Crippen molar-refractivity contribution in [3.05, 3.63) is 0 Å². The van der Waals surface area contributed by atoms with Gasteiger partial charge in [0.25, 0.3) is 0 Å². The van der Waals surface area contributed by atoms with Crippen LogP contribution in [0.4, 0.5) is 0 Å². The highest BCUT2D eigenvalue weighted by Crippen LogP contribution is 1.82. The second kappa shape index (κ2) is 4.29. The molecule has 1 amide bonds. The lowest BCUT2D eigenvalue weighted by Gasteiger charge is -2.13. The van der Waals surface area contributed by atoms with Crippen LogP contribution in [-0.2, 0) is 4.79 Å². The summed E-state index contributed by atoms with van der Waals surface area (Å²) in [7, 11) is 3.26. The molecule has 0 bridgehead atoms. The van der Waals surface area contributed by atoms with E-state index >= 15 is 0 Å². The summed E-state index contributed by atoms with van der Waals surface area (Å²) < 4.78 is 0. The molecule has 54 valence electrons. The maximum atomic E-state index is 10.7. The molecule has 0 aliphatic carbocycles. The van der Waals surface area contributed by atoms with Gasteiger partial charge in [0.1, 0.15) is 0 Å². The Morgan fingerprint density at radius 1 is 1.78 bits per heavy atom. The number of amides is 1. The van der Waals surface area contributed by atoms with Gasteiger partial charge in [0.15, 0.2) is 0 Å². The predicted octanol–water partition coefficient (Wildman–Crippen LogP) is -1.04. The molecule has 9 heavy (non-hydrogen) atoms. The Bertz CT molecular complexity index is 95.0. The molecule has 0 aromatic heterocycles. The van der Waals surface area contributed by atoms with Gasteiger partial charge in [-0.25, -0.2) is 5.43 Å². The number of hydrogen-bond donors (Lipinski definition) is 2. The molecule has 0 spiro atoms. The van der Waals surface area contributed by atoms with E-state index in [1.807, 2.05) is 0 Å². The summed E-state index contributed by atoms with van der Waals surface area (Å²) in [5.74, 6) is -0.111. The first-order valence-corrected chi connectivity index (χ1v) is 2.77. The van der Waals surface area contributed by atoms with Crippen LogP contribution in [0.2, 0.25) is 0 Å². The Morgan fingerprint density at radius 3 is 2.67 bits per heavy atom. The van der Waals surface area contributed by atoms with Crippen molar-refractivity contribution >= 4 is 5.91 Å². The number of nitrogens with zero attached hydrogens (tertiary/aromatic N) is 1. The third-order valence-electron chi connectivity index (χ3n) is 1.04. The molecule has 4 heteroatoms. The molecule has 0 heterocycles. The van der Waals surface area contributed by atoms with Crippen LogP contribution in [0.5, 0.6) is 0 Å². The van der Waals surface area contributed by atoms with Gasteiger partial charge in [-0.15, -0.1) is 0 Å². The fourth-order valence-corrected chi connectivity index (χ4v) is 0.388. The zero-order chi connectivity index (χ0) is 7.28. The van der Waals surface area contributed by atoms with Crippen molar-refractivity contribution in [1.82, 2.24) is 10.4 Å². The molecule has 0 saturated heterocycles. The topological polar surface area (TPSA) is 52.6 Å². The first-order valence-electron chi connectivity index (χ1n) is 2.77. The molecular weight excluding hydrogens is 120 g/mol. The lowest BCUT2D eigenvalue weighted by molar-refractivity contribution is -0.132. The number of hydrogen-bond acceptors (Lipinski definition) is 3. The predicted molar refractivity (Wildman–Crippen MR) is 33.5 cm³/mol. The Morgan fingerprint density at radius 2 is 2.33 bits per heavy atom. The van der Waals surface area contributed by atoms with Gasteiger partial charge in [0, 0.05) is 14.1 Å². The van der Waals surface area contributed by atoms with Gasteiger partial charge in [-0.3, -0.25) is 9.80 Å². The highest BCUT2D eigenvalue weighted by Gasteiger charge is 2.03. The number of aliphatic hydroxyl groups is 1. The molecule has 4 nitrogen and oxygen atoms in total. The molecule has 0 rings (SSSR count). The minimum atomic E-state index is -0.111. The molecule has 2 N–H and O–H groups in total. The van der Waals surface area contributed by atoms with Crippen LogP contribution in [0.25, 0.3) is 0 Å². The van der Waals surface area contributed by atoms with E-state index in [-0.39, 0.29) is 18.9 Å². The monoisotopic (exact) mass is 132 g/mol. The number of aliphatic hydroxyl groups excluding tert-OH is 1. The van der Waals surface area contributed by atoms with E-state index in [4.69, 9.17) is 5.11 Å². The second-order valence-electron chi connectivity index (χ2n) is 1.65. The van der Waals surface area contributed by atoms with Crippen molar-refractivity contribution in [2.75, 3.05) is 20.7 Å². The maximum absolute atomic E-state index is 10.7. The lowest BCUT2D eigenvalue weighted by Crippen LogP contribution is -2.36. The Balaban J connectivity index is 3.46. The Labute approximate surface area is 54.4 Å². The molecular formula is C5H12N2O2. The maximum Gasteiger partial charge on any atom is 0.238 e. The van der Waals surface area contributed by atoms with E-state index < -0.39 is 0 Å². The molecule has 0 radical (unpaired) electrons. The third kappa shape index (κ3) is 3.05. The van der Waals surface area contributed by atoms with Crippen LogP contribution in [0.15, 0.2) is 0 Å². The molecule has 0 atom stereocenters. The summed E-state index contributed by atoms with van der Waals surface area (Å²) in [5, 5.41) is 9.64. The molecule has 0 unspecified atom stereocenters. The highest BCUT2D eigenvalue weighted by atomic mass is 16.3. The van der Waals surface area contributed by atoms with Crippen LogP contribution in [0, 0.1) is 0 Å². The van der Waals surface area contributed by atoms with E-state index in [0.717, 1.165) is 0 Å². The fraction of sp³-hybridized carbons (Fsp3) is 0.800. The third-order valence-corrected chi connectivity index (χ3v) is 1.04. The highest BCUT2D eigenvalue weighted by molar-refractivity contribution is 5.75. The summed E-state index contributed by atoms with van der Waals surface area (Å²) in [6.45, 7) is -0.0924. The van der Waals surface area contributed by atoms with Gasteiger partial charge in [0.2, 0.25) is 5.91 Å². The van der Waals surface area contributed by atoms with E-state index in [0.29, 0.717) is 0 Å². The zero-order valence-corrected chi connectivity index (χ0v) is 5.72. The molecule has 0 aromatic rings. The molecule has 0 aliphatic heterocycles. The van der Waals surface area contributed by atoms with E-state index in [1.165, 1.54) is 5.01 Å². The average molecular weight is 132 g/mol. The first-order chi connectivity index (χ1) is 4.22. The van der Waals surface area contributed by atoms with Crippen LogP contribution in [0.3, 0.4) is 0 Å². The van der Waals surface area contributed by atoms with Gasteiger partial charge in [-0.2, -0.15) is 0 Å². The number of rotatable bonds is 3. The summed E-state index contributed by atoms with van der Waals surface area (Å²) >= 11 is 0. The molecule has 0 saturated carbocycles. The number of carbonyl (C=O) groups excluding carboxylic acids is 1. The molecule has 0 aliphatic rings. The first kappa shape index (κ1) is 8.39. The van der Waals surface area contributed by atoms with Gasteiger partial charge >= 0.3 is 0 Å². The van der Waals surface area contributed by atoms with Crippen LogP contribution < -0.4 is 5.43 Å². The van der Waals surface area contributed by atoms with Crippen molar-refractivity contribution in [2.45, 2.75) is 6.42 Å². The summed E-state index contributed by atoms with van der Waals surface area (Å²) in [5.41, 5.74) is 2.62. The summed E-state index contributed by atoms with van der Waals surface area (Å²) in [6.07, 6.45) is 0.178. The standard InChI is InChI=1S/C5H12N2O2/c1-6-7(2)5(9)3-4-8/h6,8H,3-4H2,1-2H3. The normalized spacial score (nSPS) is 9.22. The van der Waals surface area contributed by atoms with Crippen LogP contribution in [-0.4, -0.2) is 36.7 Å². The van der Waals surface area contributed by atoms with Crippen molar-refractivity contribution in [2.24, 2.45) is 0 Å². The summed E-state index contributed by atoms with van der Waals surface area (Å²) in [4.78, 5) is 10.7. The Kier molecular flexibility index (Phi) is 4.00. The van der Waals surface area contributed by atoms with Crippen LogP contribution in [0.1, 0.15) is 6.42 Å². The smallest absolute Gasteiger partial charge is 0.238 e. The fourth-order valence-electron chi connectivity index (χ4n) is 0.388. The van der Waals surface area contributed by atoms with E-state index in [1.54, 1.807) is 14.1 Å². The van der Waals surface area contributed by atoms with Gasteiger partial charge < -0.3 is 5.11 Å². The lowest BCUT2D eigenvalue weighted by atomic mass is 10.4. The molecule has 0 aromatic carbocycles. The zero-order valence-electron chi connectivity index (χ0n) is 5.72. The Hall–Kier alpha value is -0.610. The number of carbonyl (C=O) groups is 1.